The number of hydrogen-bond acceptors (Lipinski definition) is 0. The van der Waals surface area contributed by atoms with Crippen LogP contribution >= 0.6 is 0 Å². The average Bonchev–Trinajstić information content (AvgIpc) is 2.12. The molecule has 3 fully saturated rings. The molecule has 2 heterocycles. The molecule has 80 valence electrons. The van der Waals surface area contributed by atoms with Gasteiger partial charge in [-0.15, -0.1) is 0 Å². The average molecular weight is 192 g/mol. The van der Waals surface area contributed by atoms with Gasteiger partial charge in [0.2, 0.25) is 0 Å². The van der Waals surface area contributed by atoms with Crippen LogP contribution in [0.25, 0.3) is 0 Å². The zero-order valence-corrected chi connectivity index (χ0v) is 10.0. The van der Waals surface area contributed by atoms with Gasteiger partial charge in [0.05, 0.1) is 0 Å². The Balaban J connectivity index is 1.93. The zero-order valence-electron chi connectivity index (χ0n) is 10.0. The summed E-state index contributed by atoms with van der Waals surface area (Å²) in [5.74, 6) is 2.04. The summed E-state index contributed by atoms with van der Waals surface area (Å²) in [4.78, 5) is 0. The molecule has 0 amide bonds. The van der Waals surface area contributed by atoms with Crippen LogP contribution in [0, 0.1) is 5.92 Å². The summed E-state index contributed by atoms with van der Waals surface area (Å²) in [5.41, 5.74) is 0. The molecule has 3 aliphatic rings. The lowest BCUT2D eigenvalue weighted by atomic mass is 9.27. The van der Waals surface area contributed by atoms with E-state index in [1.807, 2.05) is 0 Å². The van der Waals surface area contributed by atoms with Gasteiger partial charge < -0.3 is 0 Å². The van der Waals surface area contributed by atoms with Crippen molar-refractivity contribution in [3.63, 3.8) is 0 Å². The highest BCUT2D eigenvalue weighted by Crippen LogP contribution is 2.59. The minimum Gasteiger partial charge on any atom is -0.0652 e. The SMILES string of the molecule is CC(C)C12BC(CCCCCCC1)C2. The van der Waals surface area contributed by atoms with Crippen LogP contribution in [-0.4, -0.2) is 7.28 Å². The Kier molecular flexibility index (Phi) is 3.24. The molecule has 1 heteroatoms. The molecule has 0 N–H and O–H groups in total. The second-order valence-electron chi connectivity index (χ2n) is 6.10. The van der Waals surface area contributed by atoms with Gasteiger partial charge in [-0.1, -0.05) is 76.3 Å². The summed E-state index contributed by atoms with van der Waals surface area (Å²) in [5, 5.41) is 0.780. The molecule has 0 aromatic rings. The maximum Gasteiger partial charge on any atom is 0.131 e. The summed E-state index contributed by atoms with van der Waals surface area (Å²) in [6.45, 7) is 4.89. The minimum atomic E-state index is 0.780. The fourth-order valence-electron chi connectivity index (χ4n) is 3.70. The molecule has 2 atom stereocenters. The topological polar surface area (TPSA) is 0 Å². The van der Waals surface area contributed by atoms with Crippen molar-refractivity contribution in [2.75, 3.05) is 0 Å². The monoisotopic (exact) mass is 192 g/mol. The number of hydrogen-bond donors (Lipinski definition) is 0. The predicted molar refractivity (Wildman–Crippen MR) is 65.4 cm³/mol. The smallest absolute Gasteiger partial charge is 0.0652 e. The van der Waals surface area contributed by atoms with Crippen LogP contribution in [0.1, 0.15) is 65.2 Å². The van der Waals surface area contributed by atoms with E-state index in [4.69, 9.17) is 0 Å². The molecular formula is C13H25B. The fourth-order valence-corrected chi connectivity index (χ4v) is 3.70. The summed E-state index contributed by atoms with van der Waals surface area (Å²) in [7, 11) is 1.56. The Morgan fingerprint density at radius 1 is 1.07 bits per heavy atom. The normalized spacial score (nSPS) is 38.6. The van der Waals surface area contributed by atoms with Gasteiger partial charge in [-0.2, -0.15) is 0 Å². The molecule has 0 radical (unpaired) electrons. The molecule has 1 saturated carbocycles. The van der Waals surface area contributed by atoms with Crippen LogP contribution in [0.2, 0.25) is 11.1 Å². The molecule has 3 rings (SSSR count). The predicted octanol–water partition coefficient (Wildman–Crippen LogP) is 4.17. The Hall–Kier alpha value is 0.0649. The van der Waals surface area contributed by atoms with E-state index in [9.17, 15) is 0 Å². The van der Waals surface area contributed by atoms with E-state index in [1.54, 1.807) is 13.7 Å². The summed E-state index contributed by atoms with van der Waals surface area (Å²) < 4.78 is 0. The highest BCUT2D eigenvalue weighted by molar-refractivity contribution is 6.46. The molecule has 0 aromatic heterocycles. The lowest BCUT2D eigenvalue weighted by molar-refractivity contribution is 0.277. The maximum absolute atomic E-state index is 2.45. The summed E-state index contributed by atoms with van der Waals surface area (Å²) >= 11 is 0. The van der Waals surface area contributed by atoms with Crippen molar-refractivity contribution in [3.8, 4) is 0 Å². The zero-order chi connectivity index (χ0) is 10.0. The van der Waals surface area contributed by atoms with Crippen molar-refractivity contribution >= 4 is 7.28 Å². The first-order chi connectivity index (χ1) is 6.73. The van der Waals surface area contributed by atoms with Gasteiger partial charge in [0.25, 0.3) is 0 Å². The van der Waals surface area contributed by atoms with Crippen molar-refractivity contribution in [1.82, 2.24) is 0 Å². The highest BCUT2D eigenvalue weighted by atomic mass is 14.4. The van der Waals surface area contributed by atoms with Crippen molar-refractivity contribution < 1.29 is 0 Å². The maximum atomic E-state index is 2.45. The Morgan fingerprint density at radius 3 is 2.43 bits per heavy atom. The third kappa shape index (κ3) is 2.02. The summed E-state index contributed by atoms with van der Waals surface area (Å²) in [6, 6.07) is 0. The Morgan fingerprint density at radius 2 is 1.71 bits per heavy atom. The van der Waals surface area contributed by atoms with Gasteiger partial charge >= 0.3 is 0 Å². The first-order valence-corrected chi connectivity index (χ1v) is 6.73. The Labute approximate surface area is 90.1 Å². The van der Waals surface area contributed by atoms with E-state index in [0.29, 0.717) is 0 Å². The molecule has 14 heavy (non-hydrogen) atoms. The van der Waals surface area contributed by atoms with Crippen molar-refractivity contribution in [2.24, 2.45) is 5.92 Å². The van der Waals surface area contributed by atoms with Gasteiger partial charge in [0.15, 0.2) is 0 Å². The number of fused-ring (bicyclic) bond motifs is 6. The van der Waals surface area contributed by atoms with Crippen LogP contribution in [0.5, 0.6) is 0 Å². The van der Waals surface area contributed by atoms with Crippen molar-refractivity contribution in [2.45, 2.75) is 76.3 Å². The van der Waals surface area contributed by atoms with Crippen LogP contribution in [0.15, 0.2) is 0 Å². The van der Waals surface area contributed by atoms with E-state index >= 15 is 0 Å². The van der Waals surface area contributed by atoms with Crippen LogP contribution in [0.4, 0.5) is 0 Å². The van der Waals surface area contributed by atoms with Crippen LogP contribution < -0.4 is 0 Å². The molecule has 2 saturated heterocycles. The largest absolute Gasteiger partial charge is 0.131 e. The molecule has 1 aliphatic carbocycles. The van der Waals surface area contributed by atoms with Gasteiger partial charge in [0.1, 0.15) is 7.28 Å². The van der Waals surface area contributed by atoms with Crippen LogP contribution in [0.3, 0.4) is 0 Å². The molecule has 0 nitrogen and oxygen atoms in total. The van der Waals surface area contributed by atoms with Gasteiger partial charge in [-0.25, -0.2) is 0 Å². The molecule has 0 spiro atoms. The van der Waals surface area contributed by atoms with Gasteiger partial charge in [-0.3, -0.25) is 0 Å². The fraction of sp³-hybridized carbons (Fsp3) is 1.00. The second kappa shape index (κ2) is 4.29. The highest BCUT2D eigenvalue weighted by Gasteiger charge is 2.46. The first kappa shape index (κ1) is 10.6. The molecule has 2 bridgehead atoms. The summed E-state index contributed by atoms with van der Waals surface area (Å²) in [6.07, 6.45) is 12.1. The third-order valence-electron chi connectivity index (χ3n) is 4.90. The molecule has 2 unspecified atom stereocenters. The third-order valence-corrected chi connectivity index (χ3v) is 4.90. The second-order valence-corrected chi connectivity index (χ2v) is 6.10. The van der Waals surface area contributed by atoms with E-state index < -0.39 is 0 Å². The lowest BCUT2D eigenvalue weighted by Gasteiger charge is -2.51. The minimum absolute atomic E-state index is 0.780. The Bertz CT molecular complexity index is 174. The van der Waals surface area contributed by atoms with Crippen molar-refractivity contribution in [3.05, 3.63) is 0 Å². The van der Waals surface area contributed by atoms with Gasteiger partial charge in [0, 0.05) is 0 Å². The van der Waals surface area contributed by atoms with Gasteiger partial charge in [-0.05, 0) is 5.92 Å². The molecular weight excluding hydrogens is 167 g/mol. The standard InChI is InChI=1S/C13H25B/c1-11(2)13-9-7-5-3-4-6-8-12(10-13)14-13/h11-12,14H,3-10H2,1-2H3. The first-order valence-electron chi connectivity index (χ1n) is 6.73. The van der Waals surface area contributed by atoms with Crippen LogP contribution in [-0.2, 0) is 0 Å². The van der Waals surface area contributed by atoms with Crippen molar-refractivity contribution in [1.29, 1.82) is 0 Å². The molecule has 0 aromatic carbocycles. The van der Waals surface area contributed by atoms with E-state index in [2.05, 4.69) is 13.8 Å². The van der Waals surface area contributed by atoms with E-state index in [1.165, 1.54) is 44.9 Å². The quantitative estimate of drug-likeness (QED) is 0.547. The molecule has 2 aliphatic heterocycles. The van der Waals surface area contributed by atoms with E-state index in [-0.39, 0.29) is 0 Å². The van der Waals surface area contributed by atoms with E-state index in [0.717, 1.165) is 17.0 Å². The lowest BCUT2D eigenvalue weighted by Crippen LogP contribution is -2.40. The number of rotatable bonds is 1.